The quantitative estimate of drug-likeness (QED) is 0.173. The maximum absolute atomic E-state index is 11.0. The lowest BCUT2D eigenvalue weighted by molar-refractivity contribution is 0.669. The molecule has 0 aliphatic carbocycles. The number of aromatic nitrogens is 4. The van der Waals surface area contributed by atoms with Crippen LogP contribution in [0.3, 0.4) is 0 Å². The summed E-state index contributed by atoms with van der Waals surface area (Å²) in [6.45, 7) is 0. The molecule has 0 aliphatic heterocycles. The molecule has 7 nitrogen and oxygen atoms in total. The van der Waals surface area contributed by atoms with E-state index in [-0.39, 0.29) is 0 Å². The van der Waals surface area contributed by atoms with Crippen LogP contribution < -0.4 is 0 Å². The van der Waals surface area contributed by atoms with Crippen LogP contribution in [0.4, 0.5) is 0 Å². The monoisotopic (exact) mass is 778 g/mol. The molecule has 0 N–H and O–H groups in total. The van der Waals surface area contributed by atoms with Crippen molar-refractivity contribution < 1.29 is 4.42 Å². The summed E-state index contributed by atoms with van der Waals surface area (Å²) in [6, 6.07) is 66.1. The van der Waals surface area contributed by atoms with Gasteiger partial charge in [0.05, 0.1) is 44.7 Å². The molecule has 12 aromatic rings. The van der Waals surface area contributed by atoms with Crippen LogP contribution in [0, 0.1) is 22.7 Å². The molecule has 0 bridgehead atoms. The summed E-state index contributed by atoms with van der Waals surface area (Å²) in [7, 11) is 0. The molecule has 4 aromatic heterocycles. The van der Waals surface area contributed by atoms with Crippen molar-refractivity contribution >= 4 is 65.6 Å². The van der Waals surface area contributed by atoms with E-state index in [1.165, 1.54) is 5.39 Å². The van der Waals surface area contributed by atoms with E-state index in [4.69, 9.17) is 14.4 Å². The number of nitrogens with zero attached hydrogens (tertiary/aromatic N) is 6. The maximum Gasteiger partial charge on any atom is 0.161 e. The molecular formula is C54H30N6O. The van der Waals surface area contributed by atoms with Crippen molar-refractivity contribution in [3.05, 3.63) is 193 Å². The van der Waals surface area contributed by atoms with Crippen molar-refractivity contribution in [1.29, 1.82) is 10.5 Å². The number of furan rings is 1. The van der Waals surface area contributed by atoms with E-state index < -0.39 is 0 Å². The normalized spacial score (nSPS) is 11.6. The third-order valence-corrected chi connectivity index (χ3v) is 11.8. The smallest absolute Gasteiger partial charge is 0.161 e. The third kappa shape index (κ3) is 5.15. The zero-order valence-electron chi connectivity index (χ0n) is 32.4. The van der Waals surface area contributed by atoms with Crippen molar-refractivity contribution in [3.63, 3.8) is 0 Å². The molecule has 282 valence electrons. The highest BCUT2D eigenvalue weighted by atomic mass is 16.3. The highest BCUT2D eigenvalue weighted by Crippen LogP contribution is 2.42. The Morgan fingerprint density at radius 3 is 1.77 bits per heavy atom. The summed E-state index contributed by atoms with van der Waals surface area (Å²) in [5, 5.41) is 28.2. The Hall–Kier alpha value is -8.78. The number of para-hydroxylation sites is 4. The average molecular weight is 779 g/mol. The van der Waals surface area contributed by atoms with Crippen LogP contribution in [0.1, 0.15) is 11.1 Å². The Kier molecular flexibility index (Phi) is 7.52. The molecule has 0 atom stereocenters. The predicted molar refractivity (Wildman–Crippen MR) is 244 cm³/mol. The molecule has 0 aliphatic rings. The molecule has 61 heavy (non-hydrogen) atoms. The van der Waals surface area contributed by atoms with Gasteiger partial charge in [0.25, 0.3) is 0 Å². The fourth-order valence-corrected chi connectivity index (χ4v) is 9.18. The minimum absolute atomic E-state index is 0.323. The van der Waals surface area contributed by atoms with E-state index >= 15 is 0 Å². The average Bonchev–Trinajstić information content (AvgIpc) is 3.98. The Morgan fingerprint density at radius 1 is 0.443 bits per heavy atom. The Labute approximate surface area is 348 Å². The van der Waals surface area contributed by atoms with Gasteiger partial charge in [0.2, 0.25) is 0 Å². The van der Waals surface area contributed by atoms with Crippen LogP contribution in [0.25, 0.3) is 111 Å². The summed E-state index contributed by atoms with van der Waals surface area (Å²) >= 11 is 0. The lowest BCUT2D eigenvalue weighted by Gasteiger charge is -2.15. The second-order valence-corrected chi connectivity index (χ2v) is 15.1. The summed E-state index contributed by atoms with van der Waals surface area (Å²) < 4.78 is 10.8. The van der Waals surface area contributed by atoms with Crippen molar-refractivity contribution in [2.45, 2.75) is 0 Å². The fourth-order valence-electron chi connectivity index (χ4n) is 9.18. The molecule has 12 rings (SSSR count). The number of nitriles is 2. The SMILES string of the molecule is N#Cc1cc(-c2nc(-c3cccc4oc5ccccc5c34)nc(-c3ccccc3)c2C#N)ccc1-n1c2ccccc2c2cc3c4ccccc4n(-c4ccccc4)c3cc21. The van der Waals surface area contributed by atoms with Gasteiger partial charge in [-0.05, 0) is 60.7 Å². The highest BCUT2D eigenvalue weighted by molar-refractivity contribution is 6.19. The van der Waals surface area contributed by atoms with Gasteiger partial charge in [0, 0.05) is 54.7 Å². The van der Waals surface area contributed by atoms with Crippen molar-refractivity contribution in [2.75, 3.05) is 0 Å². The van der Waals surface area contributed by atoms with Gasteiger partial charge >= 0.3 is 0 Å². The van der Waals surface area contributed by atoms with Crippen molar-refractivity contribution in [2.24, 2.45) is 0 Å². The summed E-state index contributed by atoms with van der Waals surface area (Å²) in [6.07, 6.45) is 0. The lowest BCUT2D eigenvalue weighted by Crippen LogP contribution is -2.03. The summed E-state index contributed by atoms with van der Waals surface area (Å²) in [5.74, 6) is 0.452. The Balaban J connectivity index is 1.11. The number of hydrogen-bond donors (Lipinski definition) is 0. The number of hydrogen-bond acceptors (Lipinski definition) is 5. The van der Waals surface area contributed by atoms with Crippen LogP contribution in [0.5, 0.6) is 0 Å². The molecular weight excluding hydrogens is 749 g/mol. The van der Waals surface area contributed by atoms with Gasteiger partial charge in [0.15, 0.2) is 5.82 Å². The molecule has 0 unspecified atom stereocenters. The molecule has 7 heteroatoms. The van der Waals surface area contributed by atoms with Gasteiger partial charge < -0.3 is 13.6 Å². The maximum atomic E-state index is 11.0. The second kappa shape index (κ2) is 13.4. The van der Waals surface area contributed by atoms with Crippen LogP contribution >= 0.6 is 0 Å². The summed E-state index contributed by atoms with van der Waals surface area (Å²) in [4.78, 5) is 10.3. The third-order valence-electron chi connectivity index (χ3n) is 11.8. The van der Waals surface area contributed by atoms with E-state index in [1.54, 1.807) is 0 Å². The van der Waals surface area contributed by atoms with Gasteiger partial charge in [-0.1, -0.05) is 121 Å². The number of fused-ring (bicyclic) bond motifs is 9. The van der Waals surface area contributed by atoms with E-state index in [9.17, 15) is 10.5 Å². The first-order valence-electron chi connectivity index (χ1n) is 20.0. The molecule has 0 saturated carbocycles. The first-order chi connectivity index (χ1) is 30.2. The van der Waals surface area contributed by atoms with Crippen LogP contribution in [0.15, 0.2) is 186 Å². The predicted octanol–water partition coefficient (Wildman–Crippen LogP) is 13.3. The first-order valence-corrected chi connectivity index (χ1v) is 20.0. The van der Waals surface area contributed by atoms with Crippen molar-refractivity contribution in [1.82, 2.24) is 19.1 Å². The first kappa shape index (κ1) is 34.3. The lowest BCUT2D eigenvalue weighted by atomic mass is 9.98. The largest absolute Gasteiger partial charge is 0.456 e. The molecule has 0 saturated heterocycles. The molecule has 0 spiro atoms. The molecule has 4 heterocycles. The van der Waals surface area contributed by atoms with E-state index in [2.05, 4.69) is 100 Å². The van der Waals surface area contributed by atoms with Gasteiger partial charge in [0.1, 0.15) is 28.9 Å². The van der Waals surface area contributed by atoms with E-state index in [0.29, 0.717) is 33.9 Å². The second-order valence-electron chi connectivity index (χ2n) is 15.1. The van der Waals surface area contributed by atoms with E-state index in [1.807, 2.05) is 103 Å². The van der Waals surface area contributed by atoms with E-state index in [0.717, 1.165) is 82.7 Å². The topological polar surface area (TPSA) is 96.4 Å². The zero-order chi connectivity index (χ0) is 40.6. The summed E-state index contributed by atoms with van der Waals surface area (Å²) in [5.41, 5.74) is 11.4. The van der Waals surface area contributed by atoms with Crippen LogP contribution in [-0.2, 0) is 0 Å². The molecule has 0 radical (unpaired) electrons. The van der Waals surface area contributed by atoms with Gasteiger partial charge in [-0.3, -0.25) is 0 Å². The Morgan fingerprint density at radius 2 is 1.05 bits per heavy atom. The highest BCUT2D eigenvalue weighted by Gasteiger charge is 2.24. The van der Waals surface area contributed by atoms with Crippen LogP contribution in [0.2, 0.25) is 0 Å². The van der Waals surface area contributed by atoms with Gasteiger partial charge in [-0.15, -0.1) is 0 Å². The minimum atomic E-state index is 0.323. The fraction of sp³-hybridized carbons (Fsp3) is 0. The molecule has 8 aromatic carbocycles. The standard InChI is InChI=1S/C54H30N6O/c55-31-35-28-34(53-43(32-56)52(33-14-3-1-4-15-33)57-54(58-53)40-21-13-25-50-51(40)39-20-9-12-24-49(39)61-50)26-27-44(35)60-46-23-11-8-19-38(46)42-29-41-37-18-7-10-22-45(37)59(47(41)30-48(42)60)36-16-5-2-6-17-36/h1-30H. The van der Waals surface area contributed by atoms with Crippen molar-refractivity contribution in [3.8, 4) is 57.4 Å². The minimum Gasteiger partial charge on any atom is -0.456 e. The Bertz CT molecular complexity index is 3840. The zero-order valence-corrected chi connectivity index (χ0v) is 32.4. The van der Waals surface area contributed by atoms with Gasteiger partial charge in [-0.25, -0.2) is 9.97 Å². The van der Waals surface area contributed by atoms with Gasteiger partial charge in [-0.2, -0.15) is 10.5 Å². The number of benzene rings is 8. The molecule has 0 fully saturated rings. The number of rotatable bonds is 5. The van der Waals surface area contributed by atoms with Crippen LogP contribution in [-0.4, -0.2) is 19.1 Å². The molecule has 0 amide bonds.